The van der Waals surface area contributed by atoms with Gasteiger partial charge in [0, 0.05) is 11.6 Å². The van der Waals surface area contributed by atoms with Crippen molar-refractivity contribution in [3.63, 3.8) is 0 Å². The summed E-state index contributed by atoms with van der Waals surface area (Å²) in [5.41, 5.74) is 8.50. The minimum atomic E-state index is 0.177. The number of rotatable bonds is 1. The van der Waals surface area contributed by atoms with Crippen molar-refractivity contribution in [2.45, 2.75) is 18.9 Å². The van der Waals surface area contributed by atoms with Crippen LogP contribution in [0.2, 0.25) is 0 Å². The van der Waals surface area contributed by atoms with Gasteiger partial charge in [0.2, 0.25) is 0 Å². The Labute approximate surface area is 72.3 Å². The third kappa shape index (κ3) is 0.994. The fourth-order valence-electron chi connectivity index (χ4n) is 1.86. The van der Waals surface area contributed by atoms with E-state index in [2.05, 4.69) is 6.07 Å². The Morgan fingerprint density at radius 1 is 1.50 bits per heavy atom. The highest BCUT2D eigenvalue weighted by atomic mass is 16.5. The minimum absolute atomic E-state index is 0.177. The summed E-state index contributed by atoms with van der Waals surface area (Å²) in [6, 6.07) is 6.31. The molecule has 0 heterocycles. The van der Waals surface area contributed by atoms with E-state index in [0.29, 0.717) is 0 Å². The van der Waals surface area contributed by atoms with Crippen LogP contribution in [0.3, 0.4) is 0 Å². The lowest BCUT2D eigenvalue weighted by atomic mass is 10.1. The molecule has 0 unspecified atom stereocenters. The maximum absolute atomic E-state index is 5.94. The van der Waals surface area contributed by atoms with Crippen LogP contribution < -0.4 is 10.5 Å². The fourth-order valence-corrected chi connectivity index (χ4v) is 1.86. The zero-order valence-corrected chi connectivity index (χ0v) is 7.21. The van der Waals surface area contributed by atoms with E-state index in [1.54, 1.807) is 7.11 Å². The first-order valence-corrected chi connectivity index (χ1v) is 4.24. The van der Waals surface area contributed by atoms with Crippen LogP contribution in [0, 0.1) is 0 Å². The lowest BCUT2D eigenvalue weighted by Crippen LogP contribution is -2.06. The summed E-state index contributed by atoms with van der Waals surface area (Å²) >= 11 is 0. The molecule has 0 saturated heterocycles. The van der Waals surface area contributed by atoms with Crippen molar-refractivity contribution in [2.75, 3.05) is 7.11 Å². The summed E-state index contributed by atoms with van der Waals surface area (Å²) in [7, 11) is 1.70. The normalized spacial score (nSPS) is 20.7. The molecular formula is C10H13NO. The molecule has 0 saturated carbocycles. The monoisotopic (exact) mass is 163 g/mol. The van der Waals surface area contributed by atoms with E-state index >= 15 is 0 Å². The predicted molar refractivity (Wildman–Crippen MR) is 48.2 cm³/mol. The number of fused-ring (bicyclic) bond motifs is 1. The standard InChI is InChI=1S/C10H13NO/c1-12-9-4-2-3-7-5-6-8(11)10(7)9/h2-4,8H,5-6,11H2,1H3/t8-/m0/s1. The number of ether oxygens (including phenoxy) is 1. The van der Waals surface area contributed by atoms with Gasteiger partial charge >= 0.3 is 0 Å². The second-order valence-electron chi connectivity index (χ2n) is 3.18. The number of aryl methyl sites for hydroxylation is 1. The summed E-state index contributed by atoms with van der Waals surface area (Å²) in [4.78, 5) is 0. The first kappa shape index (κ1) is 7.62. The summed E-state index contributed by atoms with van der Waals surface area (Å²) in [6.07, 6.45) is 2.14. The van der Waals surface area contributed by atoms with Gasteiger partial charge in [-0.2, -0.15) is 0 Å². The molecule has 2 heteroatoms. The van der Waals surface area contributed by atoms with Crippen molar-refractivity contribution in [2.24, 2.45) is 5.73 Å². The summed E-state index contributed by atoms with van der Waals surface area (Å²) < 4.78 is 5.25. The molecule has 0 aliphatic heterocycles. The Hall–Kier alpha value is -1.02. The molecule has 2 nitrogen and oxygen atoms in total. The Bertz CT molecular complexity index is 296. The number of hydrogen-bond acceptors (Lipinski definition) is 2. The minimum Gasteiger partial charge on any atom is -0.496 e. The molecule has 12 heavy (non-hydrogen) atoms. The first-order chi connectivity index (χ1) is 5.83. The van der Waals surface area contributed by atoms with E-state index in [-0.39, 0.29) is 6.04 Å². The zero-order valence-electron chi connectivity index (χ0n) is 7.21. The third-order valence-electron chi connectivity index (χ3n) is 2.47. The van der Waals surface area contributed by atoms with Crippen molar-refractivity contribution >= 4 is 0 Å². The average molecular weight is 163 g/mol. The molecule has 1 aromatic carbocycles. The molecule has 0 bridgehead atoms. The molecule has 0 fully saturated rings. The van der Waals surface area contributed by atoms with Crippen LogP contribution in [0.5, 0.6) is 5.75 Å². The first-order valence-electron chi connectivity index (χ1n) is 4.24. The Kier molecular flexibility index (Phi) is 1.77. The smallest absolute Gasteiger partial charge is 0.123 e. The number of benzene rings is 1. The molecule has 1 aromatic rings. The number of hydrogen-bond donors (Lipinski definition) is 1. The van der Waals surface area contributed by atoms with Crippen LogP contribution in [0.1, 0.15) is 23.6 Å². The quantitative estimate of drug-likeness (QED) is 0.683. The van der Waals surface area contributed by atoms with Crippen molar-refractivity contribution in [3.05, 3.63) is 29.3 Å². The highest BCUT2D eigenvalue weighted by Gasteiger charge is 2.22. The van der Waals surface area contributed by atoms with Gasteiger partial charge in [0.25, 0.3) is 0 Å². The maximum atomic E-state index is 5.94. The van der Waals surface area contributed by atoms with E-state index in [1.807, 2.05) is 12.1 Å². The lowest BCUT2D eigenvalue weighted by molar-refractivity contribution is 0.407. The van der Waals surface area contributed by atoms with Gasteiger partial charge in [-0.15, -0.1) is 0 Å². The summed E-state index contributed by atoms with van der Waals surface area (Å²) in [5, 5.41) is 0. The lowest BCUT2D eigenvalue weighted by Gasteiger charge is -2.09. The van der Waals surface area contributed by atoms with Crippen molar-refractivity contribution in [1.82, 2.24) is 0 Å². The highest BCUT2D eigenvalue weighted by molar-refractivity contribution is 5.45. The van der Waals surface area contributed by atoms with Gasteiger partial charge in [-0.3, -0.25) is 0 Å². The molecule has 64 valence electrons. The average Bonchev–Trinajstić information content (AvgIpc) is 2.48. The topological polar surface area (TPSA) is 35.2 Å². The Morgan fingerprint density at radius 2 is 2.33 bits per heavy atom. The van der Waals surface area contributed by atoms with Gasteiger partial charge in [-0.25, -0.2) is 0 Å². The Morgan fingerprint density at radius 3 is 3.08 bits per heavy atom. The van der Waals surface area contributed by atoms with Crippen LogP contribution >= 0.6 is 0 Å². The van der Waals surface area contributed by atoms with Gasteiger partial charge in [0.05, 0.1) is 7.11 Å². The maximum Gasteiger partial charge on any atom is 0.123 e. The van der Waals surface area contributed by atoms with E-state index < -0.39 is 0 Å². The largest absolute Gasteiger partial charge is 0.496 e. The van der Waals surface area contributed by atoms with Gasteiger partial charge in [-0.05, 0) is 24.5 Å². The van der Waals surface area contributed by atoms with Crippen LogP contribution in [-0.2, 0) is 6.42 Å². The van der Waals surface area contributed by atoms with Crippen molar-refractivity contribution in [1.29, 1.82) is 0 Å². The van der Waals surface area contributed by atoms with E-state index in [9.17, 15) is 0 Å². The van der Waals surface area contributed by atoms with Crippen LogP contribution in [0.4, 0.5) is 0 Å². The number of methoxy groups -OCH3 is 1. The second-order valence-corrected chi connectivity index (χ2v) is 3.18. The van der Waals surface area contributed by atoms with Crippen LogP contribution in [0.25, 0.3) is 0 Å². The molecule has 1 aliphatic carbocycles. The second kappa shape index (κ2) is 2.79. The summed E-state index contributed by atoms with van der Waals surface area (Å²) in [5.74, 6) is 0.942. The van der Waals surface area contributed by atoms with Gasteiger partial charge in [0.15, 0.2) is 0 Å². The molecule has 2 rings (SSSR count). The van der Waals surface area contributed by atoms with Crippen LogP contribution in [0.15, 0.2) is 18.2 Å². The van der Waals surface area contributed by atoms with E-state index in [0.717, 1.165) is 18.6 Å². The van der Waals surface area contributed by atoms with Crippen molar-refractivity contribution < 1.29 is 4.74 Å². The van der Waals surface area contributed by atoms with E-state index in [1.165, 1.54) is 11.1 Å². The third-order valence-corrected chi connectivity index (χ3v) is 2.47. The zero-order chi connectivity index (χ0) is 8.55. The van der Waals surface area contributed by atoms with Gasteiger partial charge < -0.3 is 10.5 Å². The number of nitrogens with two attached hydrogens (primary N) is 1. The van der Waals surface area contributed by atoms with Gasteiger partial charge in [0.1, 0.15) is 5.75 Å². The van der Waals surface area contributed by atoms with Crippen molar-refractivity contribution in [3.8, 4) is 5.75 Å². The summed E-state index contributed by atoms with van der Waals surface area (Å²) in [6.45, 7) is 0. The molecule has 0 radical (unpaired) electrons. The highest BCUT2D eigenvalue weighted by Crippen LogP contribution is 2.35. The van der Waals surface area contributed by atoms with Crippen LogP contribution in [-0.4, -0.2) is 7.11 Å². The molecule has 1 atom stereocenters. The Balaban J connectivity index is 2.53. The van der Waals surface area contributed by atoms with Gasteiger partial charge in [-0.1, -0.05) is 12.1 Å². The fraction of sp³-hybridized carbons (Fsp3) is 0.400. The SMILES string of the molecule is COc1cccc2c1[C@@H](N)CC2. The predicted octanol–water partition coefficient (Wildman–Crippen LogP) is 1.64. The van der Waals surface area contributed by atoms with E-state index in [4.69, 9.17) is 10.5 Å². The molecule has 0 spiro atoms. The molecule has 0 amide bonds. The molecule has 1 aliphatic rings. The molecular weight excluding hydrogens is 150 g/mol. The molecule has 0 aromatic heterocycles. The molecule has 2 N–H and O–H groups in total.